The highest BCUT2D eigenvalue weighted by Gasteiger charge is 2.19. The number of aryl methyl sites for hydroxylation is 1. The number of hydrogen-bond donors (Lipinski definition) is 1. The first-order valence-electron chi connectivity index (χ1n) is 10.4. The highest BCUT2D eigenvalue weighted by atomic mass is 32.2. The zero-order chi connectivity index (χ0) is 22.9. The zero-order valence-corrected chi connectivity index (χ0v) is 19.7. The topological polar surface area (TPSA) is 81.3 Å². The van der Waals surface area contributed by atoms with Crippen molar-refractivity contribution < 1.29 is 4.79 Å². The van der Waals surface area contributed by atoms with Gasteiger partial charge in [-0.1, -0.05) is 42.1 Å². The minimum atomic E-state index is -0.149. The fourth-order valence-electron chi connectivity index (χ4n) is 3.75. The van der Waals surface area contributed by atoms with Crippen molar-refractivity contribution in [3.05, 3.63) is 86.3 Å². The molecule has 0 unspecified atom stereocenters. The molecule has 5 aromatic rings. The molecule has 0 saturated heterocycles. The van der Waals surface area contributed by atoms with Gasteiger partial charge in [-0.2, -0.15) is 0 Å². The molecular weight excluding hydrogens is 454 g/mol. The Morgan fingerprint density at radius 3 is 2.73 bits per heavy atom. The van der Waals surface area contributed by atoms with Crippen LogP contribution in [-0.4, -0.2) is 30.8 Å². The molecule has 0 bridgehead atoms. The van der Waals surface area contributed by atoms with E-state index in [-0.39, 0.29) is 17.2 Å². The van der Waals surface area contributed by atoms with Crippen LogP contribution in [0.15, 0.2) is 69.9 Å². The summed E-state index contributed by atoms with van der Waals surface area (Å²) in [6, 6.07) is 17.2. The summed E-state index contributed by atoms with van der Waals surface area (Å²) in [5.41, 5.74) is 3.42. The second-order valence-corrected chi connectivity index (χ2v) is 9.61. The van der Waals surface area contributed by atoms with Crippen LogP contribution in [0.2, 0.25) is 0 Å². The molecule has 0 saturated carbocycles. The lowest BCUT2D eigenvalue weighted by molar-refractivity contribution is -0.118. The second-order valence-electron chi connectivity index (χ2n) is 7.64. The third kappa shape index (κ3) is 3.94. The van der Waals surface area contributed by atoms with Crippen LogP contribution in [0.4, 0.5) is 0 Å². The Hall–Kier alpha value is -3.43. The summed E-state index contributed by atoms with van der Waals surface area (Å²) in [7, 11) is 0. The second kappa shape index (κ2) is 8.84. The van der Waals surface area contributed by atoms with Crippen molar-refractivity contribution in [3.8, 4) is 5.69 Å². The van der Waals surface area contributed by atoms with E-state index in [1.807, 2.05) is 72.2 Å². The standard InChI is InChI=1S/C24H21N5O2S2/c1-15-7-5-11-19(16(15)2)28-22(31)18-9-3-4-10-20(18)29-23(28)26-27-24(29)33-14-21(30)25-13-17-8-6-12-32-17/h3-12H,13-14H2,1-2H3,(H,25,30). The molecule has 0 aliphatic heterocycles. The van der Waals surface area contributed by atoms with Crippen molar-refractivity contribution in [2.45, 2.75) is 25.5 Å². The summed E-state index contributed by atoms with van der Waals surface area (Å²) in [6.45, 7) is 4.52. The normalized spacial score (nSPS) is 11.3. The maximum Gasteiger partial charge on any atom is 0.267 e. The SMILES string of the molecule is Cc1cccc(-n2c(=O)c3ccccc3n3c(SCC(=O)NCc4cccs4)nnc23)c1C. The van der Waals surface area contributed by atoms with Crippen LogP contribution in [-0.2, 0) is 11.3 Å². The van der Waals surface area contributed by atoms with Gasteiger partial charge in [0.2, 0.25) is 11.7 Å². The Morgan fingerprint density at radius 1 is 1.06 bits per heavy atom. The molecule has 0 atom stereocenters. The number of nitrogens with zero attached hydrogens (tertiary/aromatic N) is 4. The van der Waals surface area contributed by atoms with Crippen LogP contribution in [0.5, 0.6) is 0 Å². The summed E-state index contributed by atoms with van der Waals surface area (Å²) < 4.78 is 3.47. The number of benzene rings is 2. The van der Waals surface area contributed by atoms with Crippen LogP contribution in [0.3, 0.4) is 0 Å². The highest BCUT2D eigenvalue weighted by Crippen LogP contribution is 2.25. The number of thiophene rings is 1. The Bertz CT molecular complexity index is 1540. The number of rotatable bonds is 6. The third-order valence-electron chi connectivity index (χ3n) is 5.58. The minimum absolute atomic E-state index is 0.0858. The van der Waals surface area contributed by atoms with E-state index < -0.39 is 0 Å². The molecule has 1 N–H and O–H groups in total. The van der Waals surface area contributed by atoms with Gasteiger partial charge in [0.1, 0.15) is 0 Å². The Kier molecular flexibility index (Phi) is 5.74. The van der Waals surface area contributed by atoms with Crippen molar-refractivity contribution in [2.24, 2.45) is 0 Å². The van der Waals surface area contributed by atoms with Crippen LogP contribution in [0.25, 0.3) is 22.4 Å². The van der Waals surface area contributed by atoms with Gasteiger partial charge >= 0.3 is 0 Å². The monoisotopic (exact) mass is 475 g/mol. The first-order valence-corrected chi connectivity index (χ1v) is 12.3. The van der Waals surface area contributed by atoms with E-state index in [1.54, 1.807) is 22.0 Å². The van der Waals surface area contributed by atoms with Gasteiger partial charge in [0.05, 0.1) is 28.9 Å². The quantitative estimate of drug-likeness (QED) is 0.374. The molecule has 3 heterocycles. The number of para-hydroxylation sites is 1. The van der Waals surface area contributed by atoms with E-state index in [9.17, 15) is 9.59 Å². The lowest BCUT2D eigenvalue weighted by Gasteiger charge is -2.14. The van der Waals surface area contributed by atoms with E-state index in [4.69, 9.17) is 0 Å². The Balaban J connectivity index is 1.56. The highest BCUT2D eigenvalue weighted by molar-refractivity contribution is 7.99. The van der Waals surface area contributed by atoms with Crippen molar-refractivity contribution in [1.29, 1.82) is 0 Å². The molecule has 2 aromatic carbocycles. The molecule has 0 aliphatic rings. The lowest BCUT2D eigenvalue weighted by Crippen LogP contribution is -2.24. The van der Waals surface area contributed by atoms with Gasteiger partial charge < -0.3 is 5.32 Å². The van der Waals surface area contributed by atoms with E-state index in [0.717, 1.165) is 21.7 Å². The first-order chi connectivity index (χ1) is 16.0. The Morgan fingerprint density at radius 2 is 1.91 bits per heavy atom. The number of fused-ring (bicyclic) bond motifs is 3. The van der Waals surface area contributed by atoms with Crippen LogP contribution in [0, 0.1) is 13.8 Å². The summed E-state index contributed by atoms with van der Waals surface area (Å²) in [5, 5.41) is 14.8. The largest absolute Gasteiger partial charge is 0.350 e. The number of hydrogen-bond acceptors (Lipinski definition) is 6. The molecule has 5 rings (SSSR count). The molecule has 0 aliphatic carbocycles. The Labute approximate surface area is 198 Å². The molecule has 166 valence electrons. The van der Waals surface area contributed by atoms with E-state index >= 15 is 0 Å². The van der Waals surface area contributed by atoms with E-state index in [0.29, 0.717) is 28.4 Å². The summed E-state index contributed by atoms with van der Waals surface area (Å²) in [5.74, 6) is 0.537. The number of thioether (sulfide) groups is 1. The first kappa shape index (κ1) is 21.4. The van der Waals surface area contributed by atoms with E-state index in [1.165, 1.54) is 11.8 Å². The summed E-state index contributed by atoms with van der Waals surface area (Å²) >= 11 is 2.91. The van der Waals surface area contributed by atoms with Crippen molar-refractivity contribution in [2.75, 3.05) is 5.75 Å². The van der Waals surface area contributed by atoms with Crippen molar-refractivity contribution in [3.63, 3.8) is 0 Å². The van der Waals surface area contributed by atoms with E-state index in [2.05, 4.69) is 15.5 Å². The van der Waals surface area contributed by atoms with Gasteiger partial charge in [-0.25, -0.2) is 4.57 Å². The average Bonchev–Trinajstić information content (AvgIpc) is 3.49. The summed E-state index contributed by atoms with van der Waals surface area (Å²) in [4.78, 5) is 27.0. The molecule has 33 heavy (non-hydrogen) atoms. The molecule has 0 spiro atoms. The predicted octanol–water partition coefficient (Wildman–Crippen LogP) is 4.12. The van der Waals surface area contributed by atoms with Gasteiger partial charge in [0.25, 0.3) is 5.56 Å². The van der Waals surface area contributed by atoms with Crippen molar-refractivity contribution in [1.82, 2.24) is 24.5 Å². The van der Waals surface area contributed by atoms with Crippen LogP contribution >= 0.6 is 23.1 Å². The van der Waals surface area contributed by atoms with Crippen molar-refractivity contribution >= 4 is 45.7 Å². The molecule has 9 heteroatoms. The smallest absolute Gasteiger partial charge is 0.267 e. The maximum absolute atomic E-state index is 13.5. The zero-order valence-electron chi connectivity index (χ0n) is 18.1. The van der Waals surface area contributed by atoms with Gasteiger partial charge in [0.15, 0.2) is 5.16 Å². The maximum atomic E-state index is 13.5. The molecule has 1 amide bonds. The number of carbonyl (C=O) groups excluding carboxylic acids is 1. The third-order valence-corrected chi connectivity index (χ3v) is 7.39. The van der Waals surface area contributed by atoms with Crippen LogP contribution in [0.1, 0.15) is 16.0 Å². The molecule has 7 nitrogen and oxygen atoms in total. The predicted molar refractivity (Wildman–Crippen MR) is 132 cm³/mol. The lowest BCUT2D eigenvalue weighted by atomic mass is 10.1. The van der Waals surface area contributed by atoms with Gasteiger partial charge in [0, 0.05) is 4.88 Å². The van der Waals surface area contributed by atoms with Crippen LogP contribution < -0.4 is 10.9 Å². The number of aromatic nitrogens is 4. The number of nitrogens with one attached hydrogen (secondary N) is 1. The molecule has 3 aromatic heterocycles. The average molecular weight is 476 g/mol. The number of amides is 1. The molecule has 0 fully saturated rings. The minimum Gasteiger partial charge on any atom is -0.350 e. The number of carbonyl (C=O) groups is 1. The van der Waals surface area contributed by atoms with Gasteiger partial charge in [-0.05, 0) is 54.6 Å². The molecular formula is C24H21N5O2S2. The molecule has 0 radical (unpaired) electrons. The summed E-state index contributed by atoms with van der Waals surface area (Å²) in [6.07, 6.45) is 0. The fourth-order valence-corrected chi connectivity index (χ4v) is 5.16. The van der Waals surface area contributed by atoms with Gasteiger partial charge in [-0.15, -0.1) is 21.5 Å². The van der Waals surface area contributed by atoms with Gasteiger partial charge in [-0.3, -0.25) is 14.0 Å². The fraction of sp³-hybridized carbons (Fsp3) is 0.167.